The van der Waals surface area contributed by atoms with Gasteiger partial charge < -0.3 is 9.47 Å². The Bertz CT molecular complexity index is 1220. The van der Waals surface area contributed by atoms with Crippen molar-refractivity contribution in [3.63, 3.8) is 0 Å². The Labute approximate surface area is 181 Å². The molecule has 2 heterocycles. The lowest BCUT2D eigenvalue weighted by Crippen LogP contribution is -2.21. The molecule has 0 aliphatic rings. The zero-order valence-electron chi connectivity index (χ0n) is 16.1. The lowest BCUT2D eigenvalue weighted by atomic mass is 10.2. The first kappa shape index (κ1) is 20.2. The van der Waals surface area contributed by atoms with Crippen LogP contribution in [-0.4, -0.2) is 28.4 Å². The van der Waals surface area contributed by atoms with Gasteiger partial charge in [0.25, 0.3) is 5.56 Å². The van der Waals surface area contributed by atoms with Crippen LogP contribution in [0.2, 0.25) is 0 Å². The second kappa shape index (κ2) is 9.15. The molecule has 0 aliphatic carbocycles. The summed E-state index contributed by atoms with van der Waals surface area (Å²) in [6, 6.07) is 18.4. The van der Waals surface area contributed by atoms with Gasteiger partial charge in [0.05, 0.1) is 24.1 Å². The molecule has 0 unspecified atom stereocenters. The van der Waals surface area contributed by atoms with E-state index in [0.717, 1.165) is 5.56 Å². The summed E-state index contributed by atoms with van der Waals surface area (Å²) in [6.07, 6.45) is 0. The van der Waals surface area contributed by atoms with Gasteiger partial charge in [0, 0.05) is 0 Å². The van der Waals surface area contributed by atoms with Crippen molar-refractivity contribution in [3.8, 4) is 11.4 Å². The number of ether oxygens (including phenoxy) is 2. The third kappa shape index (κ3) is 4.39. The Hall–Kier alpha value is -3.10. The van der Waals surface area contributed by atoms with E-state index in [1.54, 1.807) is 37.4 Å². The van der Waals surface area contributed by atoms with Gasteiger partial charge in [-0.05, 0) is 41.3 Å². The molecule has 2 aromatic carbocycles. The van der Waals surface area contributed by atoms with Crippen LogP contribution in [0, 0.1) is 0 Å². The molecule has 0 N–H and O–H groups in total. The summed E-state index contributed by atoms with van der Waals surface area (Å²) in [5.41, 5.74) is 2.03. The molecule has 2 aromatic heterocycles. The molecule has 0 saturated heterocycles. The van der Waals surface area contributed by atoms with Crippen LogP contribution in [-0.2, 0) is 16.1 Å². The van der Waals surface area contributed by atoms with Gasteiger partial charge >= 0.3 is 5.97 Å². The number of nitrogens with zero attached hydrogens (tertiary/aromatic N) is 2. The van der Waals surface area contributed by atoms with Gasteiger partial charge in [0.15, 0.2) is 5.16 Å². The SMILES string of the molecule is COc1ccc(-n2c(SCC(=O)OCc3ccccc3)nc3ccsc3c2=O)cc1. The number of fused-ring (bicyclic) bond motifs is 1. The average Bonchev–Trinajstić information content (AvgIpc) is 3.26. The van der Waals surface area contributed by atoms with Crippen molar-refractivity contribution < 1.29 is 14.3 Å². The van der Waals surface area contributed by atoms with Crippen molar-refractivity contribution in [2.75, 3.05) is 12.9 Å². The van der Waals surface area contributed by atoms with Crippen molar-refractivity contribution in [1.29, 1.82) is 0 Å². The Morgan fingerprint density at radius 1 is 1.10 bits per heavy atom. The van der Waals surface area contributed by atoms with Gasteiger partial charge in [0.2, 0.25) is 0 Å². The minimum absolute atomic E-state index is 0.0467. The van der Waals surface area contributed by atoms with Gasteiger partial charge in [0.1, 0.15) is 17.1 Å². The van der Waals surface area contributed by atoms with Crippen LogP contribution in [0.25, 0.3) is 15.9 Å². The summed E-state index contributed by atoms with van der Waals surface area (Å²) in [5, 5.41) is 2.27. The standard InChI is InChI=1S/C22H18N2O4S2/c1-27-17-9-7-16(8-10-17)24-21(26)20-18(11-12-29-20)23-22(24)30-14-19(25)28-13-15-5-3-2-4-6-15/h2-12H,13-14H2,1H3. The minimum Gasteiger partial charge on any atom is -0.497 e. The summed E-state index contributed by atoms with van der Waals surface area (Å²) in [7, 11) is 1.59. The number of rotatable bonds is 7. The summed E-state index contributed by atoms with van der Waals surface area (Å²) in [6.45, 7) is 0.211. The molecule has 4 aromatic rings. The van der Waals surface area contributed by atoms with Gasteiger partial charge in [-0.1, -0.05) is 42.1 Å². The second-order valence-corrected chi connectivity index (χ2v) is 8.16. The molecule has 30 heavy (non-hydrogen) atoms. The fourth-order valence-corrected chi connectivity index (χ4v) is 4.42. The predicted molar refractivity (Wildman–Crippen MR) is 119 cm³/mol. The largest absolute Gasteiger partial charge is 0.497 e. The Morgan fingerprint density at radius 3 is 2.60 bits per heavy atom. The van der Waals surface area contributed by atoms with E-state index in [1.807, 2.05) is 35.7 Å². The molecule has 4 rings (SSSR count). The van der Waals surface area contributed by atoms with Crippen LogP contribution in [0.5, 0.6) is 5.75 Å². The molecule has 0 bridgehead atoms. The van der Waals surface area contributed by atoms with Crippen LogP contribution in [0.3, 0.4) is 0 Å². The van der Waals surface area contributed by atoms with Crippen LogP contribution < -0.4 is 10.3 Å². The minimum atomic E-state index is -0.371. The van der Waals surface area contributed by atoms with E-state index in [1.165, 1.54) is 27.7 Å². The molecule has 0 atom stereocenters. The van der Waals surface area contributed by atoms with Crippen molar-refractivity contribution in [1.82, 2.24) is 9.55 Å². The monoisotopic (exact) mass is 438 g/mol. The summed E-state index contributed by atoms with van der Waals surface area (Å²) in [5.74, 6) is 0.367. The number of aromatic nitrogens is 2. The highest BCUT2D eigenvalue weighted by molar-refractivity contribution is 7.99. The normalized spacial score (nSPS) is 10.8. The fourth-order valence-electron chi connectivity index (χ4n) is 2.85. The Morgan fingerprint density at radius 2 is 1.87 bits per heavy atom. The van der Waals surface area contributed by atoms with Gasteiger partial charge in [-0.2, -0.15) is 0 Å². The van der Waals surface area contributed by atoms with Gasteiger partial charge in [-0.15, -0.1) is 11.3 Å². The molecule has 0 aliphatic heterocycles. The highest BCUT2D eigenvalue weighted by Gasteiger charge is 2.16. The Kier molecular flexibility index (Phi) is 6.15. The van der Waals surface area contributed by atoms with E-state index in [0.29, 0.717) is 26.8 Å². The van der Waals surface area contributed by atoms with Crippen molar-refractivity contribution in [2.45, 2.75) is 11.8 Å². The van der Waals surface area contributed by atoms with Crippen LogP contribution in [0.1, 0.15) is 5.56 Å². The Balaban J connectivity index is 1.57. The average molecular weight is 439 g/mol. The first-order chi connectivity index (χ1) is 14.7. The van der Waals surface area contributed by atoms with E-state index in [4.69, 9.17) is 9.47 Å². The lowest BCUT2D eigenvalue weighted by Gasteiger charge is -2.12. The quantitative estimate of drug-likeness (QED) is 0.244. The first-order valence-electron chi connectivity index (χ1n) is 9.13. The zero-order chi connectivity index (χ0) is 20.9. The van der Waals surface area contributed by atoms with Crippen molar-refractivity contribution in [2.24, 2.45) is 0 Å². The number of esters is 1. The topological polar surface area (TPSA) is 70.4 Å². The molecule has 152 valence electrons. The molecule has 8 heteroatoms. The van der Waals surface area contributed by atoms with Crippen LogP contribution >= 0.6 is 23.1 Å². The van der Waals surface area contributed by atoms with Crippen LogP contribution in [0.15, 0.2) is 76.0 Å². The fraction of sp³-hybridized carbons (Fsp3) is 0.136. The number of methoxy groups -OCH3 is 1. The number of hydrogen-bond acceptors (Lipinski definition) is 7. The van der Waals surface area contributed by atoms with Crippen molar-refractivity contribution in [3.05, 3.63) is 82.0 Å². The van der Waals surface area contributed by atoms with Gasteiger partial charge in [-0.3, -0.25) is 14.2 Å². The number of hydrogen-bond donors (Lipinski definition) is 0. The maximum atomic E-state index is 13.1. The number of carbonyl (C=O) groups excluding carboxylic acids is 1. The molecule has 0 saturated carbocycles. The van der Waals surface area contributed by atoms with E-state index in [9.17, 15) is 9.59 Å². The smallest absolute Gasteiger partial charge is 0.316 e. The predicted octanol–water partition coefficient (Wildman–Crippen LogP) is 4.29. The number of thiophene rings is 1. The third-order valence-electron chi connectivity index (χ3n) is 4.34. The molecular formula is C22H18N2O4S2. The number of carbonyl (C=O) groups is 1. The lowest BCUT2D eigenvalue weighted by molar-refractivity contribution is -0.141. The molecule has 0 spiro atoms. The highest BCUT2D eigenvalue weighted by atomic mass is 32.2. The first-order valence-corrected chi connectivity index (χ1v) is 11.0. The summed E-state index contributed by atoms with van der Waals surface area (Å²) >= 11 is 2.53. The van der Waals surface area contributed by atoms with Crippen LogP contribution in [0.4, 0.5) is 0 Å². The molecular weight excluding hydrogens is 420 g/mol. The van der Waals surface area contributed by atoms with E-state index in [-0.39, 0.29) is 23.9 Å². The molecule has 0 radical (unpaired) electrons. The summed E-state index contributed by atoms with van der Waals surface area (Å²) in [4.78, 5) is 29.9. The van der Waals surface area contributed by atoms with E-state index in [2.05, 4.69) is 4.98 Å². The molecule has 0 fully saturated rings. The molecule has 6 nitrogen and oxygen atoms in total. The van der Waals surface area contributed by atoms with E-state index >= 15 is 0 Å². The van der Waals surface area contributed by atoms with Gasteiger partial charge in [-0.25, -0.2) is 4.98 Å². The zero-order valence-corrected chi connectivity index (χ0v) is 17.7. The third-order valence-corrected chi connectivity index (χ3v) is 6.15. The maximum Gasteiger partial charge on any atom is 0.316 e. The number of benzene rings is 2. The number of thioether (sulfide) groups is 1. The van der Waals surface area contributed by atoms with E-state index < -0.39 is 0 Å². The highest BCUT2D eigenvalue weighted by Crippen LogP contribution is 2.24. The summed E-state index contributed by atoms with van der Waals surface area (Å²) < 4.78 is 12.6. The molecule has 0 amide bonds. The van der Waals surface area contributed by atoms with Crippen molar-refractivity contribution >= 4 is 39.3 Å². The maximum absolute atomic E-state index is 13.1. The second-order valence-electron chi connectivity index (χ2n) is 6.30.